The fraction of sp³-hybridized carbons (Fsp3) is 0.824. The maximum atomic E-state index is 12.7. The van der Waals surface area contributed by atoms with Crippen LogP contribution in [0.2, 0.25) is 0 Å². The Hall–Kier alpha value is -1.86. The van der Waals surface area contributed by atoms with Gasteiger partial charge in [-0.1, -0.05) is 5.11 Å². The number of terminal acetylenes is 1. The van der Waals surface area contributed by atoms with E-state index in [1.807, 2.05) is 25.7 Å². The number of nitrogens with zero attached hydrogens (tertiary/aromatic N) is 4. The van der Waals surface area contributed by atoms with Gasteiger partial charge in [-0.15, -0.1) is 12.3 Å². The van der Waals surface area contributed by atoms with Crippen LogP contribution < -0.4 is 0 Å². The molecule has 0 N–H and O–H groups in total. The monoisotopic (exact) mass is 318 g/mol. The Kier molecular flexibility index (Phi) is 5.43. The van der Waals surface area contributed by atoms with Gasteiger partial charge in [0.2, 0.25) is 0 Å². The van der Waals surface area contributed by atoms with E-state index < -0.39 is 5.60 Å². The molecule has 126 valence electrons. The van der Waals surface area contributed by atoms with Crippen LogP contribution in [-0.2, 0) is 4.74 Å². The van der Waals surface area contributed by atoms with Crippen molar-refractivity contribution in [3.05, 3.63) is 10.4 Å². The second-order valence-electron chi connectivity index (χ2n) is 7.54. The maximum absolute atomic E-state index is 12.7. The van der Waals surface area contributed by atoms with Crippen LogP contribution in [0.3, 0.4) is 0 Å². The number of rotatable bonds is 3. The van der Waals surface area contributed by atoms with E-state index in [1.165, 1.54) is 0 Å². The standard InChI is InChI=1S/C17H26N4O2/c1-5-12-10-15(11-12)21(16(22)23-17(2,3)4)14-8-6-13(7-9-14)19-20-18/h1,12-15H,6-11H2,2-4H3. The first-order valence-electron chi connectivity index (χ1n) is 8.35. The first kappa shape index (κ1) is 17.5. The Balaban J connectivity index is 2.04. The maximum Gasteiger partial charge on any atom is 0.410 e. The van der Waals surface area contributed by atoms with Gasteiger partial charge in [-0.3, -0.25) is 0 Å². The third-order valence-electron chi connectivity index (χ3n) is 4.62. The van der Waals surface area contributed by atoms with Crippen molar-refractivity contribution < 1.29 is 9.53 Å². The van der Waals surface area contributed by atoms with Crippen LogP contribution in [0.1, 0.15) is 59.3 Å². The molecular formula is C17H26N4O2. The van der Waals surface area contributed by atoms with Gasteiger partial charge in [0, 0.05) is 29.0 Å². The summed E-state index contributed by atoms with van der Waals surface area (Å²) in [4.78, 5) is 17.5. The number of carbonyl (C=O) groups is 1. The molecule has 2 fully saturated rings. The van der Waals surface area contributed by atoms with Gasteiger partial charge in [0.15, 0.2) is 0 Å². The molecule has 0 aromatic carbocycles. The largest absolute Gasteiger partial charge is 0.444 e. The molecule has 2 saturated carbocycles. The van der Waals surface area contributed by atoms with Crippen molar-refractivity contribution in [1.82, 2.24) is 4.90 Å². The van der Waals surface area contributed by atoms with Gasteiger partial charge >= 0.3 is 6.09 Å². The molecule has 0 unspecified atom stereocenters. The number of amides is 1. The minimum absolute atomic E-state index is 0.0524. The predicted molar refractivity (Wildman–Crippen MR) is 88.6 cm³/mol. The lowest BCUT2D eigenvalue weighted by atomic mass is 9.78. The van der Waals surface area contributed by atoms with Crippen molar-refractivity contribution in [1.29, 1.82) is 0 Å². The van der Waals surface area contributed by atoms with E-state index in [-0.39, 0.29) is 30.1 Å². The molecule has 2 rings (SSSR count). The number of ether oxygens (including phenoxy) is 1. The van der Waals surface area contributed by atoms with Gasteiger partial charge in [-0.25, -0.2) is 4.79 Å². The second kappa shape index (κ2) is 7.14. The van der Waals surface area contributed by atoms with E-state index in [0.717, 1.165) is 38.5 Å². The molecule has 6 heteroatoms. The molecular weight excluding hydrogens is 292 g/mol. The molecule has 0 aliphatic heterocycles. The van der Waals surface area contributed by atoms with Crippen LogP contribution in [0.25, 0.3) is 10.4 Å². The number of hydrogen-bond donors (Lipinski definition) is 0. The Morgan fingerprint density at radius 3 is 2.35 bits per heavy atom. The van der Waals surface area contributed by atoms with Gasteiger partial charge in [0.1, 0.15) is 5.60 Å². The molecule has 0 aromatic heterocycles. The minimum atomic E-state index is -0.507. The topological polar surface area (TPSA) is 78.3 Å². The van der Waals surface area contributed by atoms with E-state index in [9.17, 15) is 4.79 Å². The van der Waals surface area contributed by atoms with Crippen molar-refractivity contribution in [2.24, 2.45) is 11.0 Å². The smallest absolute Gasteiger partial charge is 0.410 e. The molecule has 0 heterocycles. The van der Waals surface area contributed by atoms with Crippen LogP contribution in [0, 0.1) is 18.3 Å². The molecule has 6 nitrogen and oxygen atoms in total. The highest BCUT2D eigenvalue weighted by atomic mass is 16.6. The Morgan fingerprint density at radius 2 is 1.87 bits per heavy atom. The molecule has 23 heavy (non-hydrogen) atoms. The molecule has 0 atom stereocenters. The number of azide groups is 1. The Morgan fingerprint density at radius 1 is 1.26 bits per heavy atom. The lowest BCUT2D eigenvalue weighted by Crippen LogP contribution is -2.54. The summed E-state index contributed by atoms with van der Waals surface area (Å²) in [7, 11) is 0. The van der Waals surface area contributed by atoms with Crippen molar-refractivity contribution in [2.75, 3.05) is 0 Å². The summed E-state index contributed by atoms with van der Waals surface area (Å²) in [5, 5.41) is 3.81. The summed E-state index contributed by atoms with van der Waals surface area (Å²) in [5.74, 6) is 3.03. The van der Waals surface area contributed by atoms with Gasteiger partial charge < -0.3 is 9.64 Å². The molecule has 2 aliphatic carbocycles. The first-order chi connectivity index (χ1) is 10.8. The molecule has 1 amide bonds. The van der Waals surface area contributed by atoms with Crippen molar-refractivity contribution >= 4 is 6.09 Å². The third kappa shape index (κ3) is 4.56. The van der Waals surface area contributed by atoms with E-state index >= 15 is 0 Å². The normalized spacial score (nSPS) is 30.3. The van der Waals surface area contributed by atoms with E-state index in [1.54, 1.807) is 0 Å². The summed E-state index contributed by atoms with van der Waals surface area (Å²) in [5.41, 5.74) is 8.05. The second-order valence-corrected chi connectivity index (χ2v) is 7.54. The molecule has 0 radical (unpaired) electrons. The highest BCUT2D eigenvalue weighted by molar-refractivity contribution is 5.69. The number of carbonyl (C=O) groups excluding carboxylic acids is 1. The Bertz CT molecular complexity index is 514. The van der Waals surface area contributed by atoms with Gasteiger partial charge in [-0.05, 0) is 64.8 Å². The van der Waals surface area contributed by atoms with E-state index in [0.29, 0.717) is 0 Å². The van der Waals surface area contributed by atoms with Crippen molar-refractivity contribution in [3.63, 3.8) is 0 Å². The van der Waals surface area contributed by atoms with Crippen LogP contribution in [0.15, 0.2) is 5.11 Å². The van der Waals surface area contributed by atoms with Crippen molar-refractivity contribution in [2.45, 2.75) is 83.0 Å². The summed E-state index contributed by atoms with van der Waals surface area (Å²) in [6, 6.07) is 0.377. The average molecular weight is 318 g/mol. The zero-order valence-electron chi connectivity index (χ0n) is 14.2. The molecule has 0 saturated heterocycles. The molecule has 0 spiro atoms. The summed E-state index contributed by atoms with van der Waals surface area (Å²) < 4.78 is 5.61. The van der Waals surface area contributed by atoms with Crippen LogP contribution >= 0.6 is 0 Å². The highest BCUT2D eigenvalue weighted by Gasteiger charge is 2.41. The quantitative estimate of drug-likeness (QED) is 0.337. The summed E-state index contributed by atoms with van der Waals surface area (Å²) in [6.45, 7) is 5.64. The Labute approximate surface area is 138 Å². The molecule has 2 aliphatic rings. The fourth-order valence-electron chi connectivity index (χ4n) is 3.39. The van der Waals surface area contributed by atoms with Gasteiger partial charge in [-0.2, -0.15) is 0 Å². The first-order valence-corrected chi connectivity index (χ1v) is 8.35. The summed E-state index contributed by atoms with van der Waals surface area (Å²) in [6.07, 6.45) is 10.3. The van der Waals surface area contributed by atoms with Crippen LogP contribution in [-0.4, -0.2) is 34.7 Å². The molecule has 0 bridgehead atoms. The molecule has 0 aromatic rings. The third-order valence-corrected chi connectivity index (χ3v) is 4.62. The lowest BCUT2D eigenvalue weighted by Gasteiger charge is -2.46. The predicted octanol–water partition coefficient (Wildman–Crippen LogP) is 4.26. The lowest BCUT2D eigenvalue weighted by molar-refractivity contribution is -0.0172. The summed E-state index contributed by atoms with van der Waals surface area (Å²) >= 11 is 0. The van der Waals surface area contributed by atoms with Gasteiger partial charge in [0.05, 0.1) is 0 Å². The van der Waals surface area contributed by atoms with Gasteiger partial charge in [0.25, 0.3) is 0 Å². The van der Waals surface area contributed by atoms with Crippen LogP contribution in [0.4, 0.5) is 4.79 Å². The van der Waals surface area contributed by atoms with Crippen molar-refractivity contribution in [3.8, 4) is 12.3 Å². The minimum Gasteiger partial charge on any atom is -0.444 e. The van der Waals surface area contributed by atoms with E-state index in [4.69, 9.17) is 16.7 Å². The fourth-order valence-corrected chi connectivity index (χ4v) is 3.39. The SMILES string of the molecule is C#CC1CC(N(C(=O)OC(C)(C)C)C2CCC(N=[N+]=[N-])CC2)C1. The van der Waals surface area contributed by atoms with Crippen LogP contribution in [0.5, 0.6) is 0 Å². The zero-order valence-corrected chi connectivity index (χ0v) is 14.2. The zero-order chi connectivity index (χ0) is 17.0. The van der Waals surface area contributed by atoms with E-state index in [2.05, 4.69) is 15.9 Å². The highest BCUT2D eigenvalue weighted by Crippen LogP contribution is 2.37. The average Bonchev–Trinajstić information content (AvgIpc) is 2.41. The number of hydrogen-bond acceptors (Lipinski definition) is 3.